The zero-order valence-electron chi connectivity index (χ0n) is 7.54. The predicted molar refractivity (Wildman–Crippen MR) is 55.0 cm³/mol. The predicted octanol–water partition coefficient (Wildman–Crippen LogP) is 2.18. The Labute approximate surface area is 85.6 Å². The fourth-order valence-electron chi connectivity index (χ4n) is 1.16. The van der Waals surface area contributed by atoms with Gasteiger partial charge in [0.15, 0.2) is 11.5 Å². The van der Waals surface area contributed by atoms with Gasteiger partial charge >= 0.3 is 0 Å². The molecule has 0 heterocycles. The molecule has 0 unspecified atom stereocenters. The summed E-state index contributed by atoms with van der Waals surface area (Å²) < 4.78 is 5.76. The largest absolute Gasteiger partial charge is 0.504 e. The molecule has 0 aliphatic heterocycles. The van der Waals surface area contributed by atoms with Gasteiger partial charge in [0.05, 0.1) is 7.11 Å². The quantitative estimate of drug-likeness (QED) is 0.840. The first-order chi connectivity index (χ1) is 6.07. The average molecular weight is 246 g/mol. The van der Waals surface area contributed by atoms with Crippen molar-refractivity contribution in [2.75, 3.05) is 7.11 Å². The summed E-state index contributed by atoms with van der Waals surface area (Å²) in [5, 5.41) is 9.71. The van der Waals surface area contributed by atoms with E-state index in [1.165, 1.54) is 7.11 Å². The first kappa shape index (κ1) is 10.3. The van der Waals surface area contributed by atoms with Crippen molar-refractivity contribution in [2.24, 2.45) is 5.73 Å². The van der Waals surface area contributed by atoms with Crippen LogP contribution in [0.25, 0.3) is 0 Å². The third kappa shape index (κ3) is 1.95. The van der Waals surface area contributed by atoms with Crippen molar-refractivity contribution in [2.45, 2.75) is 13.0 Å². The van der Waals surface area contributed by atoms with Gasteiger partial charge in [-0.2, -0.15) is 0 Å². The van der Waals surface area contributed by atoms with Gasteiger partial charge in [-0.3, -0.25) is 0 Å². The first-order valence-electron chi connectivity index (χ1n) is 3.89. The molecule has 1 atom stereocenters. The summed E-state index contributed by atoms with van der Waals surface area (Å²) in [5.74, 6) is 0.544. The molecule has 0 aliphatic rings. The van der Waals surface area contributed by atoms with Crippen LogP contribution < -0.4 is 10.5 Å². The second kappa shape index (κ2) is 3.98. The minimum atomic E-state index is -0.232. The van der Waals surface area contributed by atoms with Gasteiger partial charge in [-0.1, -0.05) is 15.9 Å². The Morgan fingerprint density at radius 1 is 1.54 bits per heavy atom. The van der Waals surface area contributed by atoms with Crippen LogP contribution in [-0.2, 0) is 0 Å². The Morgan fingerprint density at radius 2 is 2.15 bits per heavy atom. The van der Waals surface area contributed by atoms with Crippen molar-refractivity contribution in [1.29, 1.82) is 0 Å². The molecule has 0 fully saturated rings. The normalized spacial score (nSPS) is 12.6. The fourth-order valence-corrected chi connectivity index (χ4v) is 1.84. The second-order valence-corrected chi connectivity index (χ2v) is 3.65. The van der Waals surface area contributed by atoms with Crippen molar-refractivity contribution in [3.8, 4) is 11.5 Å². The lowest BCUT2D eigenvalue weighted by molar-refractivity contribution is 0.369. The molecule has 0 radical (unpaired) electrons. The number of benzene rings is 1. The zero-order valence-corrected chi connectivity index (χ0v) is 9.13. The van der Waals surface area contributed by atoms with Gasteiger partial charge in [-0.25, -0.2) is 0 Å². The van der Waals surface area contributed by atoms with Crippen LogP contribution in [0.4, 0.5) is 0 Å². The van der Waals surface area contributed by atoms with Crippen molar-refractivity contribution in [3.63, 3.8) is 0 Å². The third-order valence-corrected chi connectivity index (χ3v) is 2.49. The zero-order chi connectivity index (χ0) is 10.0. The highest BCUT2D eigenvalue weighted by atomic mass is 79.9. The molecule has 0 spiro atoms. The third-order valence-electron chi connectivity index (χ3n) is 1.80. The number of rotatable bonds is 2. The first-order valence-corrected chi connectivity index (χ1v) is 4.68. The topological polar surface area (TPSA) is 55.5 Å². The van der Waals surface area contributed by atoms with E-state index in [9.17, 15) is 5.11 Å². The number of ether oxygens (including phenoxy) is 1. The van der Waals surface area contributed by atoms with Gasteiger partial charge in [-0.15, -0.1) is 0 Å². The van der Waals surface area contributed by atoms with E-state index in [2.05, 4.69) is 15.9 Å². The van der Waals surface area contributed by atoms with Crippen LogP contribution in [0.1, 0.15) is 18.5 Å². The van der Waals surface area contributed by atoms with Crippen LogP contribution in [-0.4, -0.2) is 12.2 Å². The number of phenolic OH excluding ortho intramolecular Hbond substituents is 1. The molecule has 0 saturated heterocycles. The Morgan fingerprint density at radius 3 is 2.62 bits per heavy atom. The Hall–Kier alpha value is -0.740. The molecule has 0 amide bonds. The van der Waals surface area contributed by atoms with E-state index in [1.54, 1.807) is 19.1 Å². The SMILES string of the molecule is COc1ccc(Br)c([C@H](C)N)c1O. The van der Waals surface area contributed by atoms with Gasteiger partial charge in [0.25, 0.3) is 0 Å². The van der Waals surface area contributed by atoms with Crippen molar-refractivity contribution in [3.05, 3.63) is 22.2 Å². The number of hydrogen-bond acceptors (Lipinski definition) is 3. The van der Waals surface area contributed by atoms with E-state index in [0.29, 0.717) is 11.3 Å². The number of nitrogens with two attached hydrogens (primary N) is 1. The lowest BCUT2D eigenvalue weighted by Crippen LogP contribution is -2.06. The molecule has 13 heavy (non-hydrogen) atoms. The fraction of sp³-hybridized carbons (Fsp3) is 0.333. The number of phenols is 1. The van der Waals surface area contributed by atoms with Crippen molar-refractivity contribution < 1.29 is 9.84 Å². The molecule has 3 N–H and O–H groups in total. The lowest BCUT2D eigenvalue weighted by Gasteiger charge is -2.13. The van der Waals surface area contributed by atoms with Crippen LogP contribution in [0.3, 0.4) is 0 Å². The molecule has 1 aromatic carbocycles. The molecule has 0 aromatic heterocycles. The summed E-state index contributed by atoms with van der Waals surface area (Å²) in [6, 6.07) is 3.26. The van der Waals surface area contributed by atoms with E-state index in [1.807, 2.05) is 0 Å². The summed E-state index contributed by atoms with van der Waals surface area (Å²) in [7, 11) is 1.51. The standard InChI is InChI=1S/C9H12BrNO2/c1-5(11)8-6(10)3-4-7(13-2)9(8)12/h3-5,12H,11H2,1-2H3/t5-/m0/s1. The maximum Gasteiger partial charge on any atom is 0.163 e. The Bertz CT molecular complexity index is 313. The highest BCUT2D eigenvalue weighted by Crippen LogP contribution is 2.37. The van der Waals surface area contributed by atoms with Crippen LogP contribution in [0.15, 0.2) is 16.6 Å². The Balaban J connectivity index is 3.30. The van der Waals surface area contributed by atoms with Crippen molar-refractivity contribution in [1.82, 2.24) is 0 Å². The van der Waals surface area contributed by atoms with Crippen LogP contribution in [0.5, 0.6) is 11.5 Å². The second-order valence-electron chi connectivity index (χ2n) is 2.80. The lowest BCUT2D eigenvalue weighted by atomic mass is 10.1. The minimum absolute atomic E-state index is 0.104. The molecular weight excluding hydrogens is 234 g/mol. The molecule has 1 rings (SSSR count). The molecule has 0 saturated carbocycles. The molecule has 0 bridgehead atoms. The summed E-state index contributed by atoms with van der Waals surface area (Å²) in [4.78, 5) is 0. The molecule has 1 aromatic rings. The number of methoxy groups -OCH3 is 1. The van der Waals surface area contributed by atoms with E-state index in [4.69, 9.17) is 10.5 Å². The summed E-state index contributed by atoms with van der Waals surface area (Å²) in [6.07, 6.45) is 0. The molecule has 0 aliphatic carbocycles. The van der Waals surface area contributed by atoms with E-state index in [0.717, 1.165) is 4.47 Å². The average Bonchev–Trinajstić information content (AvgIpc) is 2.04. The molecule has 72 valence electrons. The van der Waals surface area contributed by atoms with Gasteiger partial charge in [0, 0.05) is 16.1 Å². The molecular formula is C9H12BrNO2. The highest BCUT2D eigenvalue weighted by molar-refractivity contribution is 9.10. The minimum Gasteiger partial charge on any atom is -0.504 e. The summed E-state index contributed by atoms with van der Waals surface area (Å²) in [6.45, 7) is 1.80. The highest BCUT2D eigenvalue weighted by Gasteiger charge is 2.14. The van der Waals surface area contributed by atoms with E-state index in [-0.39, 0.29) is 11.8 Å². The van der Waals surface area contributed by atoms with Gasteiger partial charge in [0.1, 0.15) is 0 Å². The Kier molecular flexibility index (Phi) is 3.17. The maximum absolute atomic E-state index is 9.71. The monoisotopic (exact) mass is 245 g/mol. The van der Waals surface area contributed by atoms with Crippen molar-refractivity contribution >= 4 is 15.9 Å². The van der Waals surface area contributed by atoms with E-state index >= 15 is 0 Å². The van der Waals surface area contributed by atoms with Crippen LogP contribution in [0.2, 0.25) is 0 Å². The van der Waals surface area contributed by atoms with E-state index < -0.39 is 0 Å². The summed E-state index contributed by atoms with van der Waals surface area (Å²) in [5.41, 5.74) is 6.36. The molecule has 4 heteroatoms. The number of aromatic hydroxyl groups is 1. The summed E-state index contributed by atoms with van der Waals surface area (Å²) >= 11 is 3.32. The molecule has 3 nitrogen and oxygen atoms in total. The van der Waals surface area contributed by atoms with Crippen LogP contribution >= 0.6 is 15.9 Å². The van der Waals surface area contributed by atoms with Crippen LogP contribution in [0, 0.1) is 0 Å². The van der Waals surface area contributed by atoms with Gasteiger partial charge in [0.2, 0.25) is 0 Å². The van der Waals surface area contributed by atoms with Gasteiger partial charge < -0.3 is 15.6 Å². The number of halogens is 1. The van der Waals surface area contributed by atoms with Gasteiger partial charge in [-0.05, 0) is 19.1 Å². The smallest absolute Gasteiger partial charge is 0.163 e. The number of hydrogen-bond donors (Lipinski definition) is 2. The maximum atomic E-state index is 9.71.